The number of allylic oxidation sites excluding steroid dienone is 4. The van der Waals surface area contributed by atoms with Crippen LogP contribution in [0.1, 0.15) is 33.6 Å². The maximum absolute atomic E-state index is 15.4. The minimum Gasteiger partial charge on any atom is -0.463 e. The first kappa shape index (κ1) is 24.8. The van der Waals surface area contributed by atoms with E-state index in [2.05, 4.69) is 10.2 Å². The van der Waals surface area contributed by atoms with Crippen LogP contribution < -0.4 is 0 Å². The van der Waals surface area contributed by atoms with E-state index >= 15 is 4.39 Å². The number of ether oxygens (including phenoxy) is 1. The maximum atomic E-state index is 15.4. The topological polar surface area (TPSA) is 93.4 Å². The summed E-state index contributed by atoms with van der Waals surface area (Å²) in [5.74, 6) is -1.21. The highest BCUT2D eigenvalue weighted by molar-refractivity contribution is 6.29. The number of nitrogens with one attached hydrogen (secondary N) is 1. The summed E-state index contributed by atoms with van der Waals surface area (Å²) in [5.41, 5.74) is 4.46. The Labute approximate surface area is 223 Å². The predicted octanol–water partition coefficient (Wildman–Crippen LogP) is 5.39. The zero-order chi connectivity index (χ0) is 27.3. The molecule has 0 spiro atoms. The van der Waals surface area contributed by atoms with Crippen LogP contribution >= 0.6 is 0 Å². The summed E-state index contributed by atoms with van der Waals surface area (Å²) in [6.07, 6.45) is 8.61. The van der Waals surface area contributed by atoms with Crippen LogP contribution in [0, 0.1) is 12.7 Å². The number of H-pyrrole nitrogens is 1. The van der Waals surface area contributed by atoms with Gasteiger partial charge in [0.25, 0.3) is 0 Å². The largest absolute Gasteiger partial charge is 0.463 e. The molecule has 1 N–H and O–H groups in total. The van der Waals surface area contributed by atoms with Gasteiger partial charge in [0, 0.05) is 36.0 Å². The number of hydrogen-bond acceptors (Lipinski definition) is 6. The second kappa shape index (κ2) is 9.67. The van der Waals surface area contributed by atoms with Gasteiger partial charge in [0.15, 0.2) is 5.78 Å². The molecule has 9 heteroatoms. The Balaban J connectivity index is 1.65. The number of halogens is 1. The molecule has 198 valence electrons. The van der Waals surface area contributed by atoms with Crippen LogP contribution in [-0.2, 0) is 16.1 Å². The van der Waals surface area contributed by atoms with Crippen LogP contribution in [0.4, 0.5) is 4.39 Å². The molecule has 0 fully saturated rings. The van der Waals surface area contributed by atoms with Crippen molar-refractivity contribution in [2.45, 2.75) is 19.9 Å². The number of carbonyl (C=O) groups excluding carboxylic acids is 2. The van der Waals surface area contributed by atoms with Crippen LogP contribution in [0.5, 0.6) is 0 Å². The van der Waals surface area contributed by atoms with Crippen molar-refractivity contribution < 1.29 is 23.1 Å². The number of furan rings is 1. The van der Waals surface area contributed by atoms with E-state index in [1.54, 1.807) is 35.1 Å². The molecule has 5 aromatic rings. The minimum atomic E-state index is -0.589. The molecule has 3 aromatic heterocycles. The lowest BCUT2D eigenvalue weighted by Crippen LogP contribution is -2.22. The average molecular weight is 527 g/mol. The maximum Gasteiger partial charge on any atom is 0.355 e. The summed E-state index contributed by atoms with van der Waals surface area (Å²) >= 11 is 0. The number of fused-ring (bicyclic) bond motifs is 4. The molecule has 3 heterocycles. The second-order valence-corrected chi connectivity index (χ2v) is 10.0. The molecule has 0 atom stereocenters. The van der Waals surface area contributed by atoms with Crippen molar-refractivity contribution in [3.05, 3.63) is 83.2 Å². The Bertz CT molecular complexity index is 1840. The van der Waals surface area contributed by atoms with E-state index in [1.807, 2.05) is 38.1 Å². The summed E-state index contributed by atoms with van der Waals surface area (Å²) in [7, 11) is 3.78. The lowest BCUT2D eigenvalue weighted by molar-refractivity contribution is -0.113. The van der Waals surface area contributed by atoms with Crippen molar-refractivity contribution in [1.29, 1.82) is 0 Å². The molecule has 0 amide bonds. The number of aromatic amines is 1. The first-order valence-corrected chi connectivity index (χ1v) is 12.7. The van der Waals surface area contributed by atoms with Crippen LogP contribution in [0.3, 0.4) is 0 Å². The summed E-state index contributed by atoms with van der Waals surface area (Å²) in [4.78, 5) is 28.9. The quantitative estimate of drug-likeness (QED) is 0.286. The van der Waals surface area contributed by atoms with E-state index in [0.29, 0.717) is 28.6 Å². The number of likely N-dealkylation sites (N-methyl/N-ethyl adjacent to an activating group) is 1. The summed E-state index contributed by atoms with van der Waals surface area (Å²) in [5, 5.41) is 8.80. The van der Waals surface area contributed by atoms with Gasteiger partial charge in [-0.2, -0.15) is 5.10 Å². The lowest BCUT2D eigenvalue weighted by atomic mass is 9.93. The number of benzene rings is 2. The van der Waals surface area contributed by atoms with E-state index in [9.17, 15) is 9.59 Å². The van der Waals surface area contributed by atoms with E-state index in [-0.39, 0.29) is 42.0 Å². The van der Waals surface area contributed by atoms with Gasteiger partial charge in [-0.15, -0.1) is 0 Å². The summed E-state index contributed by atoms with van der Waals surface area (Å²) < 4.78 is 28.6. The minimum absolute atomic E-state index is 0.140. The first-order chi connectivity index (χ1) is 18.8. The number of ketones is 1. The van der Waals surface area contributed by atoms with Gasteiger partial charge in [-0.3, -0.25) is 9.89 Å². The SMILES string of the molecule is Cc1cc2[nH]ncc2cc1Cn1c(C(=O)OCCN(C)C)c(C2=CC=CCC2=O)c2c3occc3c(F)cc21. The van der Waals surface area contributed by atoms with E-state index in [0.717, 1.165) is 22.0 Å². The number of Topliss-reactive ketones (excluding diaryl/α,β-unsaturated/α-hetero) is 1. The fourth-order valence-corrected chi connectivity index (χ4v) is 5.19. The smallest absolute Gasteiger partial charge is 0.355 e. The Kier molecular flexibility index (Phi) is 6.15. The molecule has 0 aliphatic heterocycles. The van der Waals surface area contributed by atoms with E-state index in [1.165, 1.54) is 12.3 Å². The highest BCUT2D eigenvalue weighted by Crippen LogP contribution is 2.40. The van der Waals surface area contributed by atoms with E-state index < -0.39 is 11.8 Å². The van der Waals surface area contributed by atoms with Gasteiger partial charge in [0.2, 0.25) is 0 Å². The first-order valence-electron chi connectivity index (χ1n) is 12.7. The number of esters is 1. The molecule has 0 saturated carbocycles. The zero-order valence-corrected chi connectivity index (χ0v) is 21.9. The number of nitrogens with zero attached hydrogens (tertiary/aromatic N) is 3. The van der Waals surface area contributed by atoms with Gasteiger partial charge in [-0.25, -0.2) is 9.18 Å². The number of hydrogen-bond donors (Lipinski definition) is 1. The molecule has 0 saturated heterocycles. The van der Waals surface area contributed by atoms with Crippen molar-refractivity contribution in [3.8, 4) is 0 Å². The third kappa shape index (κ3) is 4.24. The van der Waals surface area contributed by atoms with Crippen molar-refractivity contribution in [2.24, 2.45) is 0 Å². The molecule has 0 bridgehead atoms. The monoisotopic (exact) mass is 526 g/mol. The molecular formula is C30H27FN4O4. The third-order valence-electron chi connectivity index (χ3n) is 7.18. The van der Waals surface area contributed by atoms with Gasteiger partial charge in [-0.05, 0) is 56.4 Å². The highest BCUT2D eigenvalue weighted by atomic mass is 19.1. The lowest BCUT2D eigenvalue weighted by Gasteiger charge is -2.16. The van der Waals surface area contributed by atoms with Crippen LogP contribution in [-0.4, -0.2) is 58.7 Å². The van der Waals surface area contributed by atoms with Crippen LogP contribution in [0.25, 0.3) is 38.3 Å². The molecular weight excluding hydrogens is 499 g/mol. The fourth-order valence-electron chi connectivity index (χ4n) is 5.19. The number of aromatic nitrogens is 3. The Morgan fingerprint density at radius 2 is 2.13 bits per heavy atom. The third-order valence-corrected chi connectivity index (χ3v) is 7.18. The molecule has 2 aromatic carbocycles. The molecule has 1 aliphatic carbocycles. The Morgan fingerprint density at radius 1 is 1.28 bits per heavy atom. The number of aryl methyl sites for hydroxylation is 1. The van der Waals surface area contributed by atoms with Crippen molar-refractivity contribution in [1.82, 2.24) is 19.7 Å². The highest BCUT2D eigenvalue weighted by Gasteiger charge is 2.32. The van der Waals surface area contributed by atoms with E-state index in [4.69, 9.17) is 9.15 Å². The van der Waals surface area contributed by atoms with Crippen molar-refractivity contribution in [3.63, 3.8) is 0 Å². The van der Waals surface area contributed by atoms with Crippen LogP contribution in [0.2, 0.25) is 0 Å². The molecule has 1 aliphatic rings. The Morgan fingerprint density at radius 3 is 2.92 bits per heavy atom. The molecule has 6 rings (SSSR count). The van der Waals surface area contributed by atoms with Gasteiger partial charge >= 0.3 is 5.97 Å². The van der Waals surface area contributed by atoms with Crippen molar-refractivity contribution >= 4 is 50.1 Å². The van der Waals surface area contributed by atoms with Gasteiger partial charge in [0.1, 0.15) is 23.7 Å². The molecule has 0 unspecified atom stereocenters. The average Bonchev–Trinajstić information content (AvgIpc) is 3.62. The predicted molar refractivity (Wildman–Crippen MR) is 147 cm³/mol. The molecule has 8 nitrogen and oxygen atoms in total. The number of rotatable bonds is 7. The van der Waals surface area contributed by atoms with Gasteiger partial charge in [-0.1, -0.05) is 18.2 Å². The fraction of sp³-hybridized carbons (Fsp3) is 0.233. The summed E-state index contributed by atoms with van der Waals surface area (Å²) in [6, 6.07) is 6.94. The Hall–Kier alpha value is -4.50. The molecule has 39 heavy (non-hydrogen) atoms. The molecule has 0 radical (unpaired) electrons. The number of carbonyl (C=O) groups is 2. The standard InChI is InChI=1S/C30H27FN4O4/c1-17-12-23-18(15-32-33-23)13-19(17)16-35-24-14-22(31)20-8-10-38-29(20)27(24)26(21-6-4-5-7-25(21)36)28(35)30(37)39-11-9-34(2)3/h4-6,8,10,12-15H,7,9,11,16H2,1-3H3,(H,32,33). The normalized spacial score (nSPS) is 13.8. The zero-order valence-electron chi connectivity index (χ0n) is 21.9. The van der Waals surface area contributed by atoms with Gasteiger partial charge in [0.05, 0.1) is 34.3 Å². The summed E-state index contributed by atoms with van der Waals surface area (Å²) in [6.45, 7) is 2.90. The second-order valence-electron chi connectivity index (χ2n) is 10.0. The van der Waals surface area contributed by atoms with Gasteiger partial charge < -0.3 is 18.6 Å². The van der Waals surface area contributed by atoms with Crippen LogP contribution in [0.15, 0.2) is 59.4 Å². The van der Waals surface area contributed by atoms with Crippen molar-refractivity contribution in [2.75, 3.05) is 27.2 Å².